The highest BCUT2D eigenvalue weighted by molar-refractivity contribution is 5.96. The average Bonchev–Trinajstić information content (AvgIpc) is 2.70. The number of hydrogen-bond acceptors (Lipinski definition) is 3. The molecular formula is C14H17NO4. The lowest BCUT2D eigenvalue weighted by Gasteiger charge is -2.17. The summed E-state index contributed by atoms with van der Waals surface area (Å²) in [4.78, 5) is 25.0. The molecule has 2 N–H and O–H groups in total. The quantitative estimate of drug-likeness (QED) is 0.847. The Balaban J connectivity index is 2.19. The average molecular weight is 263 g/mol. The largest absolute Gasteiger partial charge is 0.508 e. The van der Waals surface area contributed by atoms with Crippen molar-refractivity contribution in [1.29, 1.82) is 0 Å². The summed E-state index contributed by atoms with van der Waals surface area (Å²) in [6.45, 7) is 4.29. The molecule has 1 saturated heterocycles. The van der Waals surface area contributed by atoms with Crippen molar-refractivity contribution in [2.24, 2.45) is 11.8 Å². The third-order valence-electron chi connectivity index (χ3n) is 3.66. The van der Waals surface area contributed by atoms with Gasteiger partial charge in [-0.25, -0.2) is 0 Å². The fourth-order valence-corrected chi connectivity index (χ4v) is 2.51. The van der Waals surface area contributed by atoms with Gasteiger partial charge in [0.05, 0.1) is 5.92 Å². The van der Waals surface area contributed by atoms with Crippen LogP contribution < -0.4 is 0 Å². The molecule has 0 bridgehead atoms. The molecule has 5 heteroatoms. The number of aryl methyl sites for hydroxylation is 1. The summed E-state index contributed by atoms with van der Waals surface area (Å²) in [6, 6.07) is 4.57. The van der Waals surface area contributed by atoms with E-state index in [0.29, 0.717) is 17.7 Å². The molecule has 1 aromatic carbocycles. The Kier molecular flexibility index (Phi) is 3.46. The van der Waals surface area contributed by atoms with Gasteiger partial charge in [0, 0.05) is 18.7 Å². The number of aromatic hydroxyl groups is 1. The fraction of sp³-hybridized carbons (Fsp3) is 0.429. The van der Waals surface area contributed by atoms with Crippen molar-refractivity contribution >= 4 is 11.9 Å². The summed E-state index contributed by atoms with van der Waals surface area (Å²) >= 11 is 0. The molecule has 19 heavy (non-hydrogen) atoms. The topological polar surface area (TPSA) is 77.8 Å². The predicted octanol–water partition coefficient (Wildman–Crippen LogP) is 1.49. The highest BCUT2D eigenvalue weighted by Crippen LogP contribution is 2.26. The minimum Gasteiger partial charge on any atom is -0.508 e. The maximum atomic E-state index is 12.3. The highest BCUT2D eigenvalue weighted by Gasteiger charge is 2.37. The third kappa shape index (κ3) is 2.54. The second-order valence-electron chi connectivity index (χ2n) is 5.13. The van der Waals surface area contributed by atoms with E-state index in [0.717, 1.165) is 0 Å². The van der Waals surface area contributed by atoms with Gasteiger partial charge in [-0.05, 0) is 36.6 Å². The van der Waals surface area contributed by atoms with E-state index >= 15 is 0 Å². The molecule has 1 heterocycles. The molecule has 1 fully saturated rings. The molecule has 2 atom stereocenters. The molecule has 0 aromatic heterocycles. The SMILES string of the molecule is Cc1cc(O)ccc1C(=O)N1C[C@@H](C)[C@H](C(=O)O)C1. The first-order valence-corrected chi connectivity index (χ1v) is 6.22. The molecule has 2 rings (SSSR count). The van der Waals surface area contributed by atoms with Crippen molar-refractivity contribution in [3.63, 3.8) is 0 Å². The number of aliphatic carboxylic acids is 1. The van der Waals surface area contributed by atoms with Gasteiger partial charge in [-0.1, -0.05) is 6.92 Å². The van der Waals surface area contributed by atoms with Gasteiger partial charge in [-0.2, -0.15) is 0 Å². The first-order chi connectivity index (χ1) is 8.90. The minimum atomic E-state index is -0.856. The Bertz CT molecular complexity index is 526. The number of carboxylic acids is 1. The second-order valence-corrected chi connectivity index (χ2v) is 5.13. The number of likely N-dealkylation sites (tertiary alicyclic amines) is 1. The molecule has 1 aliphatic rings. The van der Waals surface area contributed by atoms with Crippen molar-refractivity contribution in [3.05, 3.63) is 29.3 Å². The van der Waals surface area contributed by atoms with E-state index in [1.807, 2.05) is 6.92 Å². The van der Waals surface area contributed by atoms with Crippen LogP contribution in [0.25, 0.3) is 0 Å². The molecule has 1 amide bonds. The van der Waals surface area contributed by atoms with Gasteiger partial charge in [0.2, 0.25) is 0 Å². The maximum absolute atomic E-state index is 12.3. The number of carbonyl (C=O) groups is 2. The second kappa shape index (κ2) is 4.91. The van der Waals surface area contributed by atoms with Crippen molar-refractivity contribution in [2.75, 3.05) is 13.1 Å². The Morgan fingerprint density at radius 1 is 1.32 bits per heavy atom. The van der Waals surface area contributed by atoms with Crippen LogP contribution >= 0.6 is 0 Å². The summed E-state index contributed by atoms with van der Waals surface area (Å²) in [5, 5.41) is 18.4. The van der Waals surface area contributed by atoms with Crippen molar-refractivity contribution < 1.29 is 19.8 Å². The Morgan fingerprint density at radius 3 is 2.53 bits per heavy atom. The summed E-state index contributed by atoms with van der Waals surface area (Å²) in [5.41, 5.74) is 1.20. The van der Waals surface area contributed by atoms with E-state index in [2.05, 4.69) is 0 Å². The van der Waals surface area contributed by atoms with E-state index in [1.54, 1.807) is 17.9 Å². The molecule has 1 aromatic rings. The van der Waals surface area contributed by atoms with Crippen LogP contribution in [0.4, 0.5) is 0 Å². The number of rotatable bonds is 2. The third-order valence-corrected chi connectivity index (χ3v) is 3.66. The highest BCUT2D eigenvalue weighted by atomic mass is 16.4. The number of benzene rings is 1. The van der Waals surface area contributed by atoms with Gasteiger partial charge in [0.1, 0.15) is 5.75 Å². The van der Waals surface area contributed by atoms with Gasteiger partial charge in [0.15, 0.2) is 0 Å². The Morgan fingerprint density at radius 2 is 2.00 bits per heavy atom. The normalized spacial score (nSPS) is 22.5. The number of phenols is 1. The molecule has 102 valence electrons. The summed E-state index contributed by atoms with van der Waals surface area (Å²) in [7, 11) is 0. The van der Waals surface area contributed by atoms with Crippen molar-refractivity contribution in [1.82, 2.24) is 4.90 Å². The molecule has 5 nitrogen and oxygen atoms in total. The molecule has 0 saturated carbocycles. The number of amides is 1. The van der Waals surface area contributed by atoms with Crippen LogP contribution in [0.15, 0.2) is 18.2 Å². The summed E-state index contributed by atoms with van der Waals surface area (Å²) in [5.74, 6) is -1.45. The lowest BCUT2D eigenvalue weighted by atomic mass is 9.99. The Labute approximate surface area is 111 Å². The molecular weight excluding hydrogens is 246 g/mol. The zero-order valence-corrected chi connectivity index (χ0v) is 11.0. The maximum Gasteiger partial charge on any atom is 0.308 e. The van der Waals surface area contributed by atoms with Crippen LogP contribution in [0.1, 0.15) is 22.8 Å². The van der Waals surface area contributed by atoms with Crippen LogP contribution in [0.2, 0.25) is 0 Å². The molecule has 0 radical (unpaired) electrons. The number of carbonyl (C=O) groups excluding carboxylic acids is 1. The number of nitrogens with zero attached hydrogens (tertiary/aromatic N) is 1. The molecule has 0 unspecified atom stereocenters. The zero-order chi connectivity index (χ0) is 14.2. The number of carboxylic acid groups (broad SMARTS) is 1. The van der Waals surface area contributed by atoms with Crippen molar-refractivity contribution in [3.8, 4) is 5.75 Å². The van der Waals surface area contributed by atoms with Gasteiger partial charge >= 0.3 is 5.97 Å². The number of hydrogen-bond donors (Lipinski definition) is 2. The van der Waals surface area contributed by atoms with Gasteiger partial charge in [-0.3, -0.25) is 9.59 Å². The van der Waals surface area contributed by atoms with E-state index in [4.69, 9.17) is 5.11 Å². The van der Waals surface area contributed by atoms with E-state index in [-0.39, 0.29) is 24.1 Å². The smallest absolute Gasteiger partial charge is 0.308 e. The van der Waals surface area contributed by atoms with Crippen LogP contribution in [0, 0.1) is 18.8 Å². The van der Waals surface area contributed by atoms with Crippen molar-refractivity contribution in [2.45, 2.75) is 13.8 Å². The first kappa shape index (κ1) is 13.4. The molecule has 1 aliphatic heterocycles. The van der Waals surface area contributed by atoms with Crippen LogP contribution in [0.3, 0.4) is 0 Å². The van der Waals surface area contributed by atoms with Gasteiger partial charge in [0.25, 0.3) is 5.91 Å². The number of phenolic OH excluding ortho intramolecular Hbond substituents is 1. The van der Waals surface area contributed by atoms with E-state index in [9.17, 15) is 14.7 Å². The van der Waals surface area contributed by atoms with Gasteiger partial charge in [-0.15, -0.1) is 0 Å². The van der Waals surface area contributed by atoms with E-state index in [1.165, 1.54) is 12.1 Å². The fourth-order valence-electron chi connectivity index (χ4n) is 2.51. The predicted molar refractivity (Wildman–Crippen MR) is 69.0 cm³/mol. The Hall–Kier alpha value is -2.04. The molecule has 0 spiro atoms. The minimum absolute atomic E-state index is 0.0427. The summed E-state index contributed by atoms with van der Waals surface area (Å²) in [6.07, 6.45) is 0. The lowest BCUT2D eigenvalue weighted by molar-refractivity contribution is -0.142. The standard InChI is InChI=1S/C14H17NO4/c1-8-5-10(16)3-4-11(8)13(17)15-6-9(2)12(7-15)14(18)19/h3-5,9,12,16H,6-7H2,1-2H3,(H,18,19)/t9-,12-/m1/s1. The monoisotopic (exact) mass is 263 g/mol. The van der Waals surface area contributed by atoms with Gasteiger partial charge < -0.3 is 15.1 Å². The first-order valence-electron chi connectivity index (χ1n) is 6.22. The van der Waals surface area contributed by atoms with Crippen LogP contribution in [0.5, 0.6) is 5.75 Å². The summed E-state index contributed by atoms with van der Waals surface area (Å²) < 4.78 is 0. The molecule has 0 aliphatic carbocycles. The van der Waals surface area contributed by atoms with Crippen LogP contribution in [-0.4, -0.2) is 40.1 Å². The zero-order valence-electron chi connectivity index (χ0n) is 11.0. The lowest BCUT2D eigenvalue weighted by Crippen LogP contribution is -2.30. The van der Waals surface area contributed by atoms with E-state index < -0.39 is 11.9 Å². The van der Waals surface area contributed by atoms with Crippen LogP contribution in [-0.2, 0) is 4.79 Å².